The molecular formula is C12H192N48. The first kappa shape index (κ1) is 89.1. The van der Waals surface area contributed by atoms with Crippen molar-refractivity contribution in [3.63, 3.8) is 0 Å². The largest absolute Gasteiger partial charge is 0.344 e. The zero-order valence-corrected chi connectivity index (χ0v) is 27.7. The third-order valence-electron chi connectivity index (χ3n) is 0. The van der Waals surface area contributed by atoms with Crippen molar-refractivity contribution in [1.29, 1.82) is 0 Å². The quantitative estimate of drug-likeness (QED) is 0.107. The van der Waals surface area contributed by atoms with Gasteiger partial charge in [-0.3, -0.25) is 0 Å². The second-order valence-corrected chi connectivity index (χ2v) is 0. The maximum absolute atomic E-state index is 5.25. The molecule has 48 heteroatoms. The molecule has 0 saturated carbocycles. The van der Waals surface area contributed by atoms with E-state index in [1.165, 1.54) is 0 Å². The Morgan fingerprint density at radius 2 is 0.0667 bits per heavy atom. The molecule has 0 aliphatic rings. The first-order chi connectivity index (χ1) is 48.0. The van der Waals surface area contributed by atoms with Gasteiger partial charge in [-0.2, -0.15) is 0 Å². The van der Waals surface area contributed by atoms with Crippen LogP contribution in [0.4, 0.5) is 0 Å². The molecule has 60 heavy (non-hydrogen) atoms. The molecule has 0 aromatic heterocycles. The Morgan fingerprint density at radius 1 is 0.0667 bits per heavy atom. The van der Waals surface area contributed by atoms with Crippen molar-refractivity contribution in [2.24, 2.45) is 0 Å². The van der Waals surface area contributed by atoms with Gasteiger partial charge in [0.2, 0.25) is 0 Å². The van der Waals surface area contributed by atoms with Crippen LogP contribution < -0.4 is 295 Å². The molecule has 0 aliphatic heterocycles. The third kappa shape index (κ3) is 46200. The van der Waals surface area contributed by atoms with Crippen LogP contribution in [-0.2, 0) is 0 Å². The van der Waals surface area contributed by atoms with E-state index in [9.17, 15) is 0 Å². The van der Waals surface area contributed by atoms with Gasteiger partial charge in [-0.25, -0.2) is 0 Å². The molecule has 144 N–H and O–H groups in total. The van der Waals surface area contributed by atoms with Gasteiger partial charge in [-0.05, 0) is 0 Å². The van der Waals surface area contributed by atoms with E-state index in [2.05, 4.69) is 295 Å². The van der Waals surface area contributed by atoms with Crippen molar-refractivity contribution in [2.75, 3.05) is 0 Å². The summed E-state index contributed by atoms with van der Waals surface area (Å²) in [6.45, 7) is 0. The molecule has 480 valence electrons. The van der Waals surface area contributed by atoms with E-state index in [1.54, 1.807) is 0 Å². The average Bonchev–Trinajstić information content (AvgIpc) is 3.84. The molecule has 0 spiro atoms. The Hall–Kier alpha value is -1.92. The normalized spacial score (nSPS) is 5.60. The van der Waals surface area contributed by atoms with E-state index in [-0.39, 0.29) is 89.1 Å². The average molecular weight is 1060 g/mol. The van der Waals surface area contributed by atoms with Crippen molar-refractivity contribution < 1.29 is 67.8 Å². The van der Waals surface area contributed by atoms with Crippen molar-refractivity contribution in [3.05, 3.63) is 0 Å². The zero-order valence-electron chi connectivity index (χ0n) is 75.7. The van der Waals surface area contributed by atoms with Crippen molar-refractivity contribution in [3.8, 4) is 0 Å². The van der Waals surface area contributed by atoms with Crippen LogP contribution >= 0.6 is 0 Å². The smallest absolute Gasteiger partial charge is 0.115 e. The van der Waals surface area contributed by atoms with Crippen molar-refractivity contribution >= 4 is 0 Å². The molecule has 0 radical (unpaired) electrons. The summed E-state index contributed by atoms with van der Waals surface area (Å²) in [5.74, 6) is 0. The van der Waals surface area contributed by atoms with Crippen molar-refractivity contribution in [2.45, 2.75) is 89.1 Å². The minimum Gasteiger partial charge on any atom is -0.344 e. The molecule has 0 bridgehead atoms. The van der Waals surface area contributed by atoms with Gasteiger partial charge in [0.15, 0.2) is 0 Å². The maximum Gasteiger partial charge on any atom is 0.115 e. The van der Waals surface area contributed by atoms with E-state index in [1.807, 2.05) is 0 Å². The molecule has 0 saturated heterocycles. The van der Waals surface area contributed by atoms with Crippen LogP contribution in [0.5, 0.6) is 0 Å². The van der Waals surface area contributed by atoms with Gasteiger partial charge in [-0.15, -0.1) is 0 Å². The highest BCUT2D eigenvalue weighted by molar-refractivity contribution is 2.52. The second-order valence-electron chi connectivity index (χ2n) is 0. The first-order valence-corrected chi connectivity index (χ1v) is 0. The zero-order chi connectivity index (χ0) is 96.0. The predicted octanol–water partition coefficient (Wildman–Crippen LogP) is 15.4. The number of hydrogen-bond donors (Lipinski definition) is 48. The first-order valence-electron chi connectivity index (χ1n) is 27.7. The van der Waals surface area contributed by atoms with Gasteiger partial charge in [0.05, 0.1) is 0 Å². The summed E-state index contributed by atoms with van der Waals surface area (Å²) in [6, 6.07) is 0. The standard InChI is InChI=1S/12CH4.48H3N/h12*1H4;48*1H3/i/hD48. The summed E-state index contributed by atoms with van der Waals surface area (Å²) < 4.78 is 252. The van der Waals surface area contributed by atoms with Gasteiger partial charge < -0.3 is 295 Å². The van der Waals surface area contributed by atoms with Gasteiger partial charge in [0.25, 0.3) is 0 Å². The third-order valence-corrected chi connectivity index (χ3v) is 0. The molecule has 0 heterocycles. The summed E-state index contributed by atoms with van der Waals surface area (Å²) in [7, 11) is 0. The fraction of sp³-hybridized carbons (Fsp3) is 1.00. The summed E-state index contributed by atoms with van der Waals surface area (Å²) >= 11 is 0. The van der Waals surface area contributed by atoms with Gasteiger partial charge in [0.1, 0.15) is 67.8 Å². The van der Waals surface area contributed by atoms with E-state index < -0.39 is 0 Å². The Kier molecular flexibility index (Phi) is 72300. The highest BCUT2D eigenvalue weighted by Crippen LogP contribution is 0.156. The summed E-state index contributed by atoms with van der Waals surface area (Å²) in [5.41, 5.74) is 0. The number of rotatable bonds is 0. The molecule has 0 aliphatic carbocycles. The summed E-state index contributed by atoms with van der Waals surface area (Å²) in [4.78, 5) is 0. The number of hydrogen-bond acceptors (Lipinski definition) is 48. The molecule has 48 nitrogen and oxygen atoms in total. The fourth-order valence-electron chi connectivity index (χ4n) is 0. The minimum absolute atomic E-state index is 0. The lowest BCUT2D eigenvalue weighted by atomic mass is 12.0. The monoisotopic (exact) mass is 1060 g/mol. The lowest BCUT2D eigenvalue weighted by Gasteiger charge is -0.345. The van der Waals surface area contributed by atoms with Crippen LogP contribution in [0.1, 0.15) is 89.1 Å². The molecule has 0 aromatic rings. The van der Waals surface area contributed by atoms with Crippen molar-refractivity contribution in [1.82, 2.24) is 295 Å². The van der Waals surface area contributed by atoms with E-state index in [4.69, 9.17) is 67.8 Å². The molecule has 0 atom stereocenters. The van der Waals surface area contributed by atoms with Gasteiger partial charge in [-0.1, -0.05) is 89.1 Å². The highest BCUT2D eigenvalue weighted by Gasteiger charge is -0.0641. The molecule has 0 fully saturated rings. The van der Waals surface area contributed by atoms with Crippen LogP contribution in [0.15, 0.2) is 0 Å². The minimum atomic E-state index is 0. The Morgan fingerprint density at radius 3 is 0.0667 bits per heavy atom. The highest BCUT2D eigenvalue weighted by atomic mass is 14.1. The predicted molar refractivity (Wildman–Crippen MR) is 322 cm³/mol. The second kappa shape index (κ2) is 48700. The van der Waals surface area contributed by atoms with Gasteiger partial charge >= 0.3 is 0 Å². The SMILES string of the molecule is C.C.C.C.C.C.C.C.C.C.C.C.[2H]N.[2H]N.[2H]N.[2H]N.[2H]N.[2H]N.[2H]N.[2H]N.[2H]N.[2H]N.[2H]N.[2H]N.[2H]N.[2H]N.[2H]N.[2H]N.[2H]N.[2H]N.[2H]N.[2H]N.[2H]N.[2H]N.[2H]N.[2H]N.[2H]N.[2H]N.[2H]N.[2H]N.[2H]N.[2H]N.[2H]N.[2H]N.[2H]N.[2H]N.[2H]N.[2H]N.[2H]N.[2H]N.[2H]N.[2H]N.[2H]N.[2H]N.[2H]N.[2H]N.[2H]N.[2H]N.[2H]N.[2H]N. The van der Waals surface area contributed by atoms with Gasteiger partial charge in [0, 0.05) is 0 Å². The topological polar surface area (TPSA) is 1680 Å². The van der Waals surface area contributed by atoms with Crippen LogP contribution in [-0.4, -0.2) is 0 Å². The van der Waals surface area contributed by atoms with Crippen LogP contribution in [0.2, 0.25) is 67.8 Å². The fourth-order valence-corrected chi connectivity index (χ4v) is 0. The van der Waals surface area contributed by atoms with E-state index in [0.29, 0.717) is 0 Å². The lowest BCUT2D eigenvalue weighted by molar-refractivity contribution is 2.13. The van der Waals surface area contributed by atoms with Crippen LogP contribution in [0, 0.1) is 0 Å². The molecule has 0 aromatic carbocycles. The van der Waals surface area contributed by atoms with E-state index >= 15 is 0 Å². The van der Waals surface area contributed by atoms with Crippen LogP contribution in [0.3, 0.4) is 0 Å². The maximum atomic E-state index is 5.25. The summed E-state index contributed by atoms with van der Waals surface area (Å²) in [6.07, 6.45) is 180. The molecule has 0 unspecified atom stereocenters. The van der Waals surface area contributed by atoms with E-state index in [0.717, 1.165) is 0 Å². The van der Waals surface area contributed by atoms with Crippen LogP contribution in [0.25, 0.3) is 0 Å². The molecular weight excluding hydrogens is 816 g/mol. The molecule has 0 amide bonds. The Labute approximate surface area is 455 Å². The Bertz CT molecular complexity index is 150. The Balaban J connectivity index is -0.00000000375. The molecule has 0 rings (SSSR count). The summed E-state index contributed by atoms with van der Waals surface area (Å²) in [5, 5.41) is 0. The lowest BCUT2D eigenvalue weighted by Crippen LogP contribution is -0.482.